The van der Waals surface area contributed by atoms with Gasteiger partial charge < -0.3 is 5.32 Å². The number of nitrogens with zero attached hydrogens (tertiary/aromatic N) is 3. The maximum absolute atomic E-state index is 12.3. The van der Waals surface area contributed by atoms with Crippen LogP contribution in [-0.2, 0) is 4.79 Å². The van der Waals surface area contributed by atoms with Crippen LogP contribution >= 0.6 is 23.4 Å². The Morgan fingerprint density at radius 3 is 3.00 bits per heavy atom. The Morgan fingerprint density at radius 1 is 1.56 bits per heavy atom. The van der Waals surface area contributed by atoms with Crippen molar-refractivity contribution in [2.24, 2.45) is 5.92 Å². The van der Waals surface area contributed by atoms with Crippen molar-refractivity contribution in [1.82, 2.24) is 14.9 Å². The first-order valence-electron chi connectivity index (χ1n) is 8.08. The van der Waals surface area contributed by atoms with Gasteiger partial charge in [-0.1, -0.05) is 29.4 Å². The summed E-state index contributed by atoms with van der Waals surface area (Å²) in [6.45, 7) is 3.75. The zero-order chi connectivity index (χ0) is 18.0. The van der Waals surface area contributed by atoms with E-state index in [-0.39, 0.29) is 17.6 Å². The first kappa shape index (κ1) is 17.8. The fourth-order valence-corrected chi connectivity index (χ4v) is 3.71. The van der Waals surface area contributed by atoms with Gasteiger partial charge in [0.25, 0.3) is 0 Å². The molecule has 3 rings (SSSR count). The molecule has 1 atom stereocenters. The van der Waals surface area contributed by atoms with E-state index in [2.05, 4.69) is 16.4 Å². The number of amides is 1. The molecular formula is C18H19ClN4OS. The standard InChI is InChI=1S/C18H19ClN4OS/c1-12-14(19)4-3-5-15(12)23-9-8-21-17(23)25-10-16(24)22-18(2,11-20)13-6-7-13/h3-5,8-9,13H,6-7,10H2,1-2H3,(H,22,24). The van der Waals surface area contributed by atoms with Crippen molar-refractivity contribution >= 4 is 29.3 Å². The highest BCUT2D eigenvalue weighted by Gasteiger charge is 2.42. The highest BCUT2D eigenvalue weighted by molar-refractivity contribution is 7.99. The van der Waals surface area contributed by atoms with Crippen LogP contribution in [0.4, 0.5) is 0 Å². The topological polar surface area (TPSA) is 70.7 Å². The van der Waals surface area contributed by atoms with E-state index in [9.17, 15) is 10.1 Å². The molecule has 1 aliphatic carbocycles. The van der Waals surface area contributed by atoms with Crippen LogP contribution in [0.25, 0.3) is 5.69 Å². The first-order valence-corrected chi connectivity index (χ1v) is 9.45. The van der Waals surface area contributed by atoms with Gasteiger partial charge in [-0.2, -0.15) is 5.26 Å². The largest absolute Gasteiger partial charge is 0.337 e. The number of aromatic nitrogens is 2. The van der Waals surface area contributed by atoms with E-state index in [1.54, 1.807) is 13.1 Å². The number of nitrogens with one attached hydrogen (secondary N) is 1. The second-order valence-corrected chi connectivity index (χ2v) is 7.74. The van der Waals surface area contributed by atoms with Gasteiger partial charge in [0, 0.05) is 17.4 Å². The Kier molecular flexibility index (Phi) is 5.07. The van der Waals surface area contributed by atoms with E-state index in [1.807, 2.05) is 35.9 Å². The maximum Gasteiger partial charge on any atom is 0.231 e. The molecule has 7 heteroatoms. The number of benzene rings is 1. The van der Waals surface area contributed by atoms with Crippen molar-refractivity contribution in [3.05, 3.63) is 41.2 Å². The number of nitriles is 1. The van der Waals surface area contributed by atoms with Crippen LogP contribution in [0.2, 0.25) is 5.02 Å². The third-order valence-electron chi connectivity index (χ3n) is 4.46. The van der Waals surface area contributed by atoms with Gasteiger partial charge in [-0.15, -0.1) is 0 Å². The van der Waals surface area contributed by atoms with Gasteiger partial charge in [-0.3, -0.25) is 9.36 Å². The van der Waals surface area contributed by atoms with Gasteiger partial charge in [-0.05, 0) is 50.3 Å². The zero-order valence-corrected chi connectivity index (χ0v) is 15.7. The maximum atomic E-state index is 12.3. The number of imidazole rings is 1. The predicted octanol–water partition coefficient (Wildman–Crippen LogP) is 3.73. The molecule has 0 aliphatic heterocycles. The van der Waals surface area contributed by atoms with Crippen LogP contribution < -0.4 is 5.32 Å². The lowest BCUT2D eigenvalue weighted by atomic mass is 9.98. The SMILES string of the molecule is Cc1c(Cl)cccc1-n1ccnc1SCC(=O)NC(C)(C#N)C1CC1. The van der Waals surface area contributed by atoms with Crippen LogP contribution in [-0.4, -0.2) is 26.8 Å². The number of halogens is 1. The summed E-state index contributed by atoms with van der Waals surface area (Å²) >= 11 is 7.54. The van der Waals surface area contributed by atoms with Crippen LogP contribution in [0.3, 0.4) is 0 Å². The Hall–Kier alpha value is -1.97. The molecule has 1 amide bonds. The number of rotatable bonds is 6. The molecule has 1 saturated carbocycles. The molecule has 0 spiro atoms. The van der Waals surface area contributed by atoms with Gasteiger partial charge in [0.05, 0.1) is 17.5 Å². The van der Waals surface area contributed by atoms with E-state index in [4.69, 9.17) is 11.6 Å². The lowest BCUT2D eigenvalue weighted by molar-refractivity contribution is -0.119. The highest BCUT2D eigenvalue weighted by Crippen LogP contribution is 2.39. The van der Waals surface area contributed by atoms with Crippen molar-refractivity contribution in [1.29, 1.82) is 5.26 Å². The van der Waals surface area contributed by atoms with E-state index in [1.165, 1.54) is 11.8 Å². The van der Waals surface area contributed by atoms with Crippen molar-refractivity contribution < 1.29 is 4.79 Å². The Morgan fingerprint density at radius 2 is 2.32 bits per heavy atom. The molecule has 1 unspecified atom stereocenters. The van der Waals surface area contributed by atoms with Gasteiger partial charge in [0.2, 0.25) is 5.91 Å². The first-order chi connectivity index (χ1) is 11.9. The van der Waals surface area contributed by atoms with Crippen molar-refractivity contribution in [3.63, 3.8) is 0 Å². The summed E-state index contributed by atoms with van der Waals surface area (Å²) in [5.41, 5.74) is 1.13. The fourth-order valence-electron chi connectivity index (χ4n) is 2.77. The highest BCUT2D eigenvalue weighted by atomic mass is 35.5. The number of hydrogen-bond acceptors (Lipinski definition) is 4. The lowest BCUT2D eigenvalue weighted by Crippen LogP contribution is -2.47. The average molecular weight is 375 g/mol. The predicted molar refractivity (Wildman–Crippen MR) is 98.9 cm³/mol. The second-order valence-electron chi connectivity index (χ2n) is 6.39. The summed E-state index contributed by atoms with van der Waals surface area (Å²) in [7, 11) is 0. The van der Waals surface area contributed by atoms with E-state index < -0.39 is 5.54 Å². The molecule has 1 aromatic heterocycles. The molecule has 1 fully saturated rings. The fraction of sp³-hybridized carbons (Fsp3) is 0.389. The zero-order valence-electron chi connectivity index (χ0n) is 14.1. The lowest BCUT2D eigenvalue weighted by Gasteiger charge is -2.22. The Balaban J connectivity index is 1.69. The molecule has 25 heavy (non-hydrogen) atoms. The van der Waals surface area contributed by atoms with Gasteiger partial charge in [0.15, 0.2) is 5.16 Å². The summed E-state index contributed by atoms with van der Waals surface area (Å²) in [5.74, 6) is 0.321. The van der Waals surface area contributed by atoms with Crippen LogP contribution in [0, 0.1) is 24.2 Å². The van der Waals surface area contributed by atoms with Crippen LogP contribution in [0.15, 0.2) is 35.7 Å². The van der Waals surface area contributed by atoms with E-state index >= 15 is 0 Å². The third-order valence-corrected chi connectivity index (χ3v) is 5.84. The third kappa shape index (κ3) is 3.83. The van der Waals surface area contributed by atoms with Crippen molar-refractivity contribution in [3.8, 4) is 11.8 Å². The molecule has 0 bridgehead atoms. The van der Waals surface area contributed by atoms with Gasteiger partial charge in [0.1, 0.15) is 5.54 Å². The van der Waals surface area contributed by atoms with Crippen LogP contribution in [0.5, 0.6) is 0 Å². The van der Waals surface area contributed by atoms with E-state index in [0.29, 0.717) is 10.2 Å². The average Bonchev–Trinajstić information content (AvgIpc) is 3.35. The summed E-state index contributed by atoms with van der Waals surface area (Å²) in [5, 5.41) is 13.6. The smallest absolute Gasteiger partial charge is 0.231 e. The summed E-state index contributed by atoms with van der Waals surface area (Å²) in [6.07, 6.45) is 5.54. The second kappa shape index (κ2) is 7.11. The van der Waals surface area contributed by atoms with Crippen LogP contribution in [0.1, 0.15) is 25.3 Å². The molecule has 1 aromatic carbocycles. The summed E-state index contributed by atoms with van der Waals surface area (Å²) in [6, 6.07) is 7.94. The molecule has 130 valence electrons. The van der Waals surface area contributed by atoms with Crippen molar-refractivity contribution in [2.45, 2.75) is 37.4 Å². The summed E-state index contributed by atoms with van der Waals surface area (Å²) < 4.78 is 1.92. The molecule has 0 radical (unpaired) electrons. The minimum atomic E-state index is -0.767. The molecule has 1 aliphatic rings. The number of carbonyl (C=O) groups excluding carboxylic acids is 1. The number of carbonyl (C=O) groups is 1. The quantitative estimate of drug-likeness (QED) is 0.782. The Labute approximate surface area is 156 Å². The molecule has 1 heterocycles. The van der Waals surface area contributed by atoms with Crippen molar-refractivity contribution in [2.75, 3.05) is 5.75 Å². The summed E-state index contributed by atoms with van der Waals surface area (Å²) in [4.78, 5) is 16.6. The van der Waals surface area contributed by atoms with E-state index in [0.717, 1.165) is 24.1 Å². The van der Waals surface area contributed by atoms with Gasteiger partial charge >= 0.3 is 0 Å². The number of hydrogen-bond donors (Lipinski definition) is 1. The molecule has 0 saturated heterocycles. The molecule has 1 N–H and O–H groups in total. The monoisotopic (exact) mass is 374 g/mol. The Bertz CT molecular complexity index is 840. The molecular weight excluding hydrogens is 356 g/mol. The van der Waals surface area contributed by atoms with Gasteiger partial charge in [-0.25, -0.2) is 4.98 Å². The molecule has 2 aromatic rings. The number of thioether (sulfide) groups is 1. The normalized spacial score (nSPS) is 16.1. The molecule has 5 nitrogen and oxygen atoms in total. The minimum absolute atomic E-state index is 0.154. The minimum Gasteiger partial charge on any atom is -0.337 e.